The van der Waals surface area contributed by atoms with Crippen molar-refractivity contribution in [1.29, 1.82) is 0 Å². The monoisotopic (exact) mass is 391 g/mol. The Hall–Kier alpha value is -2.61. The highest BCUT2D eigenvalue weighted by Gasteiger charge is 2.18. The van der Waals surface area contributed by atoms with Gasteiger partial charge in [0.2, 0.25) is 0 Å². The molecule has 0 atom stereocenters. The fourth-order valence-corrected chi connectivity index (χ4v) is 3.09. The number of carbonyl (C=O) groups is 2. The maximum Gasteiger partial charge on any atom is 0.357 e. The van der Waals surface area contributed by atoms with Crippen LogP contribution in [-0.2, 0) is 11.3 Å². The third-order valence-corrected chi connectivity index (χ3v) is 4.69. The number of aromatic nitrogens is 1. The van der Waals surface area contributed by atoms with E-state index in [0.717, 1.165) is 6.42 Å². The second-order valence-corrected chi connectivity index (χ2v) is 7.33. The van der Waals surface area contributed by atoms with Crippen molar-refractivity contribution < 1.29 is 19.1 Å². The average Bonchev–Trinajstić information content (AvgIpc) is 3.13. The molecule has 0 bridgehead atoms. The Balaban J connectivity index is 2.11. The van der Waals surface area contributed by atoms with Gasteiger partial charge in [-0.25, -0.2) is 14.6 Å². The van der Waals surface area contributed by atoms with Crippen LogP contribution >= 0.6 is 11.3 Å². The number of hydrogen-bond donors (Lipinski definition) is 1. The molecule has 1 aromatic carbocycles. The van der Waals surface area contributed by atoms with Gasteiger partial charge < -0.3 is 19.7 Å². The van der Waals surface area contributed by atoms with Gasteiger partial charge in [-0.3, -0.25) is 0 Å². The number of amides is 2. The van der Waals surface area contributed by atoms with Gasteiger partial charge in [0, 0.05) is 23.7 Å². The largest absolute Gasteiger partial charge is 0.497 e. The van der Waals surface area contributed by atoms with Crippen LogP contribution in [-0.4, -0.2) is 42.6 Å². The number of ether oxygens (including phenoxy) is 2. The highest BCUT2D eigenvalue weighted by atomic mass is 32.1. The van der Waals surface area contributed by atoms with Crippen LogP contribution in [0, 0.1) is 5.92 Å². The van der Waals surface area contributed by atoms with Crippen LogP contribution in [0.1, 0.15) is 35.8 Å². The van der Waals surface area contributed by atoms with Crippen molar-refractivity contribution in [1.82, 2.24) is 9.88 Å². The Morgan fingerprint density at radius 1 is 1.30 bits per heavy atom. The molecule has 7 nitrogen and oxygen atoms in total. The first-order valence-electron chi connectivity index (χ1n) is 8.65. The van der Waals surface area contributed by atoms with Gasteiger partial charge in [0.25, 0.3) is 0 Å². The van der Waals surface area contributed by atoms with Crippen LogP contribution < -0.4 is 10.1 Å². The fraction of sp³-hybridized carbons (Fsp3) is 0.421. The van der Waals surface area contributed by atoms with Crippen LogP contribution in [0.5, 0.6) is 5.75 Å². The number of nitrogens with one attached hydrogen (secondary N) is 1. The van der Waals surface area contributed by atoms with Gasteiger partial charge in [-0.2, -0.15) is 0 Å². The average molecular weight is 391 g/mol. The molecule has 0 aliphatic heterocycles. The molecule has 0 aliphatic rings. The zero-order valence-corrected chi connectivity index (χ0v) is 16.8. The van der Waals surface area contributed by atoms with Gasteiger partial charge in [-0.1, -0.05) is 19.9 Å². The van der Waals surface area contributed by atoms with E-state index in [1.165, 1.54) is 18.4 Å². The van der Waals surface area contributed by atoms with Crippen LogP contribution in [0.25, 0.3) is 0 Å². The fourth-order valence-electron chi connectivity index (χ4n) is 2.31. The third kappa shape index (κ3) is 6.25. The molecule has 0 saturated heterocycles. The van der Waals surface area contributed by atoms with E-state index in [2.05, 4.69) is 28.9 Å². The molecule has 0 spiro atoms. The summed E-state index contributed by atoms with van der Waals surface area (Å²) in [6, 6.07) is 6.97. The van der Waals surface area contributed by atoms with E-state index >= 15 is 0 Å². The number of anilines is 1. The minimum Gasteiger partial charge on any atom is -0.497 e. The number of thiazole rings is 1. The van der Waals surface area contributed by atoms with Crippen molar-refractivity contribution in [2.24, 2.45) is 5.92 Å². The highest BCUT2D eigenvalue weighted by molar-refractivity contribution is 7.09. The second kappa shape index (κ2) is 9.91. The van der Waals surface area contributed by atoms with Crippen LogP contribution in [0.15, 0.2) is 29.6 Å². The van der Waals surface area contributed by atoms with E-state index in [1.54, 1.807) is 29.5 Å². The Morgan fingerprint density at radius 3 is 2.74 bits per heavy atom. The minimum absolute atomic E-state index is 0.223. The first-order valence-corrected chi connectivity index (χ1v) is 9.53. The van der Waals surface area contributed by atoms with E-state index in [4.69, 9.17) is 4.74 Å². The molecule has 2 aromatic rings. The lowest BCUT2D eigenvalue weighted by atomic mass is 10.1. The van der Waals surface area contributed by atoms with Crippen molar-refractivity contribution in [3.05, 3.63) is 40.3 Å². The highest BCUT2D eigenvalue weighted by Crippen LogP contribution is 2.19. The Bertz CT molecular complexity index is 776. The van der Waals surface area contributed by atoms with Crippen LogP contribution in [0.3, 0.4) is 0 Å². The number of nitrogens with zero attached hydrogens (tertiary/aromatic N) is 2. The molecule has 1 aromatic heterocycles. The summed E-state index contributed by atoms with van der Waals surface area (Å²) in [5.41, 5.74) is 0.915. The molecular formula is C19H25N3O4S. The molecule has 0 unspecified atom stereocenters. The summed E-state index contributed by atoms with van der Waals surface area (Å²) in [6.45, 7) is 5.12. The van der Waals surface area contributed by atoms with E-state index in [-0.39, 0.29) is 11.7 Å². The standard InChI is InChI=1S/C19H25N3O4S/c1-13(2)8-9-22(11-17-21-16(12-27-17)18(23)26-4)19(24)20-14-6-5-7-15(10-14)25-3/h5-7,10,12-13H,8-9,11H2,1-4H3,(H,20,24). The molecule has 1 heterocycles. The predicted octanol–water partition coefficient (Wildman–Crippen LogP) is 4.02. The maximum absolute atomic E-state index is 12.8. The molecule has 146 valence electrons. The number of urea groups is 1. The predicted molar refractivity (Wildman–Crippen MR) is 105 cm³/mol. The molecule has 0 aliphatic carbocycles. The summed E-state index contributed by atoms with van der Waals surface area (Å²) in [7, 11) is 2.90. The number of benzene rings is 1. The summed E-state index contributed by atoms with van der Waals surface area (Å²) in [5.74, 6) is 0.648. The van der Waals surface area contributed by atoms with Crippen molar-refractivity contribution >= 4 is 29.0 Å². The minimum atomic E-state index is -0.480. The maximum atomic E-state index is 12.8. The summed E-state index contributed by atoms with van der Waals surface area (Å²) < 4.78 is 9.87. The molecule has 27 heavy (non-hydrogen) atoms. The Labute approximate surface area is 163 Å². The zero-order valence-electron chi connectivity index (χ0n) is 16.0. The van der Waals surface area contributed by atoms with Crippen LogP contribution in [0.4, 0.5) is 10.5 Å². The number of esters is 1. The number of hydrogen-bond acceptors (Lipinski definition) is 6. The van der Waals surface area contributed by atoms with Crippen LogP contribution in [0.2, 0.25) is 0 Å². The normalized spacial score (nSPS) is 10.6. The first-order chi connectivity index (χ1) is 12.9. The lowest BCUT2D eigenvalue weighted by Gasteiger charge is -2.23. The van der Waals surface area contributed by atoms with E-state index in [0.29, 0.717) is 35.5 Å². The summed E-state index contributed by atoms with van der Waals surface area (Å²) in [4.78, 5) is 30.3. The van der Waals surface area contributed by atoms with Gasteiger partial charge in [-0.05, 0) is 24.5 Å². The summed E-state index contributed by atoms with van der Waals surface area (Å²) in [5, 5.41) is 5.21. The Kier molecular flexibility index (Phi) is 7.60. The third-order valence-electron chi connectivity index (χ3n) is 3.86. The topological polar surface area (TPSA) is 80.8 Å². The van der Waals surface area contributed by atoms with E-state index in [9.17, 15) is 9.59 Å². The molecule has 8 heteroatoms. The lowest BCUT2D eigenvalue weighted by molar-refractivity contribution is 0.0594. The van der Waals surface area contributed by atoms with Gasteiger partial charge in [-0.15, -0.1) is 11.3 Å². The molecule has 2 rings (SSSR count). The second-order valence-electron chi connectivity index (χ2n) is 6.38. The smallest absolute Gasteiger partial charge is 0.357 e. The Morgan fingerprint density at radius 2 is 2.07 bits per heavy atom. The number of methoxy groups -OCH3 is 2. The lowest BCUT2D eigenvalue weighted by Crippen LogP contribution is -2.35. The summed E-state index contributed by atoms with van der Waals surface area (Å²) >= 11 is 1.33. The number of carbonyl (C=O) groups excluding carboxylic acids is 2. The van der Waals surface area contributed by atoms with E-state index in [1.807, 2.05) is 12.1 Å². The first kappa shape index (κ1) is 20.7. The molecule has 1 N–H and O–H groups in total. The van der Waals surface area contributed by atoms with Crippen molar-refractivity contribution in [2.45, 2.75) is 26.8 Å². The van der Waals surface area contributed by atoms with Gasteiger partial charge in [0.1, 0.15) is 10.8 Å². The SMILES string of the molecule is COC(=O)c1csc(CN(CCC(C)C)C(=O)Nc2cccc(OC)c2)n1. The quantitative estimate of drug-likeness (QED) is 0.688. The van der Waals surface area contributed by atoms with E-state index < -0.39 is 5.97 Å². The van der Waals surface area contributed by atoms with Crippen molar-refractivity contribution in [3.63, 3.8) is 0 Å². The van der Waals surface area contributed by atoms with Gasteiger partial charge in [0.05, 0.1) is 20.8 Å². The zero-order chi connectivity index (χ0) is 19.8. The molecule has 0 saturated carbocycles. The molecule has 0 radical (unpaired) electrons. The van der Waals surface area contributed by atoms with Crippen molar-refractivity contribution in [3.8, 4) is 5.75 Å². The van der Waals surface area contributed by atoms with Crippen molar-refractivity contribution in [2.75, 3.05) is 26.1 Å². The van der Waals surface area contributed by atoms with Gasteiger partial charge in [0.15, 0.2) is 5.69 Å². The molecule has 0 fully saturated rings. The van der Waals surface area contributed by atoms with Gasteiger partial charge >= 0.3 is 12.0 Å². The molecular weight excluding hydrogens is 366 g/mol. The number of rotatable bonds is 8. The summed E-state index contributed by atoms with van der Waals surface area (Å²) in [6.07, 6.45) is 0.862. The molecule has 2 amide bonds.